The Morgan fingerprint density at radius 2 is 2.21 bits per heavy atom. The van der Waals surface area contributed by atoms with Gasteiger partial charge >= 0.3 is 0 Å². The minimum absolute atomic E-state index is 0.223. The van der Waals surface area contributed by atoms with Gasteiger partial charge in [0.1, 0.15) is 5.69 Å². The van der Waals surface area contributed by atoms with Crippen molar-refractivity contribution in [3.05, 3.63) is 35.5 Å². The molecule has 100 valence electrons. The first-order chi connectivity index (χ1) is 9.11. The number of hydrogen-bond donors (Lipinski definition) is 2. The number of aliphatic hydroxyl groups is 1. The molecule has 1 saturated carbocycles. The molecule has 0 spiro atoms. The van der Waals surface area contributed by atoms with E-state index in [-0.39, 0.29) is 18.6 Å². The lowest BCUT2D eigenvalue weighted by Crippen LogP contribution is -2.31. The summed E-state index contributed by atoms with van der Waals surface area (Å²) in [7, 11) is 0. The number of para-hydroxylation sites is 1. The first-order valence-corrected chi connectivity index (χ1v) is 6.63. The molecule has 3 rings (SSSR count). The molecule has 0 atom stereocenters. The summed E-state index contributed by atoms with van der Waals surface area (Å²) in [5, 5.41) is 10.2. The molecular weight excluding hydrogens is 240 g/mol. The number of aromatic nitrogens is 1. The number of benzene rings is 1. The van der Waals surface area contributed by atoms with Crippen LogP contribution in [0.25, 0.3) is 10.9 Å². The molecule has 1 amide bonds. The van der Waals surface area contributed by atoms with Crippen LogP contribution in [0.1, 0.15) is 34.9 Å². The summed E-state index contributed by atoms with van der Waals surface area (Å²) in [5.74, 6) is -0.0322. The van der Waals surface area contributed by atoms with Gasteiger partial charge in [0.25, 0.3) is 5.91 Å². The summed E-state index contributed by atoms with van der Waals surface area (Å²) >= 11 is 0. The highest BCUT2D eigenvalue weighted by atomic mass is 16.3. The average Bonchev–Trinajstić information content (AvgIpc) is 2.69. The highest BCUT2D eigenvalue weighted by molar-refractivity contribution is 5.98. The standard InChI is InChI=1S/C15H18N2O2/c1-9-3-2-4-11-7-13(15(16)19)17(14(9)11)12-5-10(6-12)8-18/h2-4,7,10,12,18H,5-6,8H2,1H3,(H2,16,19). The normalized spacial score (nSPS) is 22.4. The van der Waals surface area contributed by atoms with Gasteiger partial charge < -0.3 is 15.4 Å². The van der Waals surface area contributed by atoms with Crippen molar-refractivity contribution in [3.63, 3.8) is 0 Å². The van der Waals surface area contributed by atoms with E-state index in [1.54, 1.807) is 0 Å². The van der Waals surface area contributed by atoms with Crippen LogP contribution < -0.4 is 5.73 Å². The highest BCUT2D eigenvalue weighted by Gasteiger charge is 2.33. The maximum atomic E-state index is 11.7. The van der Waals surface area contributed by atoms with Gasteiger partial charge in [-0.1, -0.05) is 18.2 Å². The Morgan fingerprint density at radius 3 is 2.84 bits per heavy atom. The van der Waals surface area contributed by atoms with Gasteiger partial charge in [-0.05, 0) is 37.3 Å². The van der Waals surface area contributed by atoms with Crippen LogP contribution in [-0.4, -0.2) is 22.2 Å². The Hall–Kier alpha value is -1.81. The molecule has 0 radical (unpaired) electrons. The molecule has 1 fully saturated rings. The van der Waals surface area contributed by atoms with Crippen molar-refractivity contribution in [2.45, 2.75) is 25.8 Å². The predicted molar refractivity (Wildman–Crippen MR) is 74.0 cm³/mol. The van der Waals surface area contributed by atoms with Crippen LogP contribution >= 0.6 is 0 Å². The molecule has 0 unspecified atom stereocenters. The van der Waals surface area contributed by atoms with Crippen molar-refractivity contribution in [1.82, 2.24) is 4.57 Å². The van der Waals surface area contributed by atoms with Gasteiger partial charge in [0, 0.05) is 18.0 Å². The number of primary amides is 1. The summed E-state index contributed by atoms with van der Waals surface area (Å²) in [5.41, 5.74) is 8.32. The molecule has 1 aromatic carbocycles. The second-order valence-electron chi connectivity index (χ2n) is 5.45. The minimum Gasteiger partial charge on any atom is -0.396 e. The summed E-state index contributed by atoms with van der Waals surface area (Å²) < 4.78 is 2.07. The lowest BCUT2D eigenvalue weighted by Gasteiger charge is -2.36. The van der Waals surface area contributed by atoms with Crippen molar-refractivity contribution in [2.75, 3.05) is 6.61 Å². The molecule has 1 aliphatic carbocycles. The van der Waals surface area contributed by atoms with Crippen LogP contribution in [0.15, 0.2) is 24.3 Å². The largest absolute Gasteiger partial charge is 0.396 e. The summed E-state index contributed by atoms with van der Waals surface area (Å²) in [6.45, 7) is 2.27. The van der Waals surface area contributed by atoms with Gasteiger partial charge in [-0.15, -0.1) is 0 Å². The number of nitrogens with two attached hydrogens (primary N) is 1. The number of carbonyl (C=O) groups excluding carboxylic acids is 1. The second kappa shape index (κ2) is 4.38. The molecule has 0 aliphatic heterocycles. The van der Waals surface area contributed by atoms with Gasteiger partial charge in [-0.2, -0.15) is 0 Å². The van der Waals surface area contributed by atoms with Crippen LogP contribution in [0.2, 0.25) is 0 Å². The van der Waals surface area contributed by atoms with Gasteiger partial charge in [0.2, 0.25) is 0 Å². The van der Waals surface area contributed by atoms with E-state index in [2.05, 4.69) is 4.57 Å². The smallest absolute Gasteiger partial charge is 0.265 e. The van der Waals surface area contributed by atoms with Gasteiger partial charge in [-0.25, -0.2) is 0 Å². The molecule has 0 saturated heterocycles. The summed E-state index contributed by atoms with van der Waals surface area (Å²) in [6, 6.07) is 8.19. The van der Waals surface area contributed by atoms with Crippen LogP contribution in [0.3, 0.4) is 0 Å². The van der Waals surface area contributed by atoms with Crippen LogP contribution in [0.5, 0.6) is 0 Å². The SMILES string of the molecule is Cc1cccc2cc(C(N)=O)n(C3CC(CO)C3)c12. The Bertz CT molecular complexity index is 639. The van der Waals surface area contributed by atoms with Crippen molar-refractivity contribution < 1.29 is 9.90 Å². The second-order valence-corrected chi connectivity index (χ2v) is 5.45. The third-order valence-corrected chi connectivity index (χ3v) is 4.15. The number of aliphatic hydroxyl groups excluding tert-OH is 1. The van der Waals surface area contributed by atoms with Crippen molar-refractivity contribution in [1.29, 1.82) is 0 Å². The Morgan fingerprint density at radius 1 is 1.47 bits per heavy atom. The number of amides is 1. The fraction of sp³-hybridized carbons (Fsp3) is 0.400. The number of fused-ring (bicyclic) bond motifs is 1. The topological polar surface area (TPSA) is 68.2 Å². The molecule has 4 nitrogen and oxygen atoms in total. The fourth-order valence-electron chi connectivity index (χ4n) is 3.09. The number of carbonyl (C=O) groups is 1. The quantitative estimate of drug-likeness (QED) is 0.884. The maximum absolute atomic E-state index is 11.7. The lowest BCUT2D eigenvalue weighted by molar-refractivity contribution is 0.0952. The molecule has 3 N–H and O–H groups in total. The summed E-state index contributed by atoms with van der Waals surface area (Å²) in [6.07, 6.45) is 1.82. The Balaban J connectivity index is 2.15. The van der Waals surface area contributed by atoms with E-state index in [0.29, 0.717) is 11.6 Å². The zero-order chi connectivity index (χ0) is 13.6. The predicted octanol–water partition coefficient (Wildman–Crippen LogP) is 1.99. The van der Waals surface area contributed by atoms with Crippen LogP contribution in [-0.2, 0) is 0 Å². The van der Waals surface area contributed by atoms with Crippen molar-refractivity contribution >= 4 is 16.8 Å². The maximum Gasteiger partial charge on any atom is 0.265 e. The Kier molecular flexibility index (Phi) is 2.82. The molecule has 19 heavy (non-hydrogen) atoms. The molecule has 1 heterocycles. The van der Waals surface area contributed by atoms with Gasteiger partial charge in [-0.3, -0.25) is 4.79 Å². The number of aryl methyl sites for hydroxylation is 1. The monoisotopic (exact) mass is 258 g/mol. The number of nitrogens with zero attached hydrogens (tertiary/aromatic N) is 1. The Labute approximate surface area is 111 Å². The van der Waals surface area contributed by atoms with Crippen molar-refractivity contribution in [2.24, 2.45) is 11.7 Å². The molecule has 4 heteroatoms. The molecule has 2 aromatic rings. The zero-order valence-corrected chi connectivity index (χ0v) is 11.0. The molecule has 0 bridgehead atoms. The molecule has 1 aliphatic rings. The van der Waals surface area contributed by atoms with Crippen molar-refractivity contribution in [3.8, 4) is 0 Å². The third-order valence-electron chi connectivity index (χ3n) is 4.15. The van der Waals surface area contributed by atoms with E-state index in [0.717, 1.165) is 29.3 Å². The molecule has 1 aromatic heterocycles. The third kappa shape index (κ3) is 1.83. The van der Waals surface area contributed by atoms with E-state index in [1.807, 2.05) is 31.2 Å². The van der Waals surface area contributed by atoms with E-state index >= 15 is 0 Å². The van der Waals surface area contributed by atoms with Crippen LogP contribution in [0.4, 0.5) is 0 Å². The highest BCUT2D eigenvalue weighted by Crippen LogP contribution is 2.41. The molecular formula is C15H18N2O2. The average molecular weight is 258 g/mol. The number of hydrogen-bond acceptors (Lipinski definition) is 2. The zero-order valence-electron chi connectivity index (χ0n) is 11.0. The lowest BCUT2D eigenvalue weighted by atomic mass is 9.80. The fourth-order valence-corrected chi connectivity index (χ4v) is 3.09. The first kappa shape index (κ1) is 12.2. The summed E-state index contributed by atoms with van der Waals surface area (Å²) in [4.78, 5) is 11.7. The number of rotatable bonds is 3. The van der Waals surface area contributed by atoms with Gasteiger partial charge in [0.05, 0.1) is 5.52 Å². The van der Waals surface area contributed by atoms with E-state index in [4.69, 9.17) is 10.8 Å². The van der Waals surface area contributed by atoms with E-state index in [9.17, 15) is 4.79 Å². The van der Waals surface area contributed by atoms with E-state index in [1.165, 1.54) is 0 Å². The first-order valence-electron chi connectivity index (χ1n) is 6.63. The van der Waals surface area contributed by atoms with E-state index < -0.39 is 0 Å². The van der Waals surface area contributed by atoms with Crippen LogP contribution in [0, 0.1) is 12.8 Å². The minimum atomic E-state index is -0.386. The van der Waals surface area contributed by atoms with Gasteiger partial charge in [0.15, 0.2) is 0 Å².